The lowest BCUT2D eigenvalue weighted by Crippen LogP contribution is -2.48. The van der Waals surface area contributed by atoms with Crippen LogP contribution in [0.2, 0.25) is 0 Å². The monoisotopic (exact) mass is 375 g/mol. The first-order valence-electron chi connectivity index (χ1n) is 8.31. The summed E-state index contributed by atoms with van der Waals surface area (Å²) in [5.41, 5.74) is -1.43. The van der Waals surface area contributed by atoms with Crippen molar-refractivity contribution in [3.05, 3.63) is 29.6 Å². The molecule has 0 bridgehead atoms. The number of urea groups is 1. The average molecular weight is 375 g/mol. The van der Waals surface area contributed by atoms with E-state index in [1.807, 2.05) is 6.92 Å². The van der Waals surface area contributed by atoms with Gasteiger partial charge in [-0.25, -0.2) is 9.18 Å². The van der Waals surface area contributed by atoms with Crippen LogP contribution in [0.25, 0.3) is 0 Å². The Kier molecular flexibility index (Phi) is 6.09. The quantitative estimate of drug-likeness (QED) is 0.822. The molecule has 0 spiro atoms. The van der Waals surface area contributed by atoms with Crippen molar-refractivity contribution in [2.24, 2.45) is 5.92 Å². The second-order valence-electron chi connectivity index (χ2n) is 6.26. The van der Waals surface area contributed by atoms with E-state index in [4.69, 9.17) is 0 Å². The number of benzene rings is 1. The van der Waals surface area contributed by atoms with Crippen LogP contribution >= 0.6 is 0 Å². The van der Waals surface area contributed by atoms with E-state index in [1.165, 1.54) is 4.90 Å². The normalized spacial score (nSPS) is 17.8. The van der Waals surface area contributed by atoms with Gasteiger partial charge in [-0.15, -0.1) is 0 Å². The highest BCUT2D eigenvalue weighted by Gasteiger charge is 2.34. The predicted octanol–water partition coefficient (Wildman–Crippen LogP) is 3.57. The van der Waals surface area contributed by atoms with E-state index in [0.29, 0.717) is 38.1 Å². The number of rotatable bonds is 3. The average Bonchev–Trinajstić information content (AvgIpc) is 2.59. The first kappa shape index (κ1) is 20.0. The van der Waals surface area contributed by atoms with E-state index < -0.39 is 29.4 Å². The molecule has 1 saturated heterocycles. The Balaban J connectivity index is 2.03. The number of alkyl halides is 3. The van der Waals surface area contributed by atoms with Gasteiger partial charge in [0.15, 0.2) is 0 Å². The van der Waals surface area contributed by atoms with Crippen LogP contribution < -0.4 is 5.32 Å². The van der Waals surface area contributed by atoms with Gasteiger partial charge < -0.3 is 15.1 Å². The lowest BCUT2D eigenvalue weighted by molar-refractivity contribution is -0.140. The Bertz CT molecular complexity index is 678. The lowest BCUT2D eigenvalue weighted by atomic mass is 9.97. The Morgan fingerprint density at radius 2 is 2.04 bits per heavy atom. The van der Waals surface area contributed by atoms with Gasteiger partial charge in [0, 0.05) is 32.4 Å². The number of piperidine rings is 1. The van der Waals surface area contributed by atoms with E-state index >= 15 is 0 Å². The van der Waals surface area contributed by atoms with Crippen molar-refractivity contribution in [2.75, 3.05) is 32.0 Å². The van der Waals surface area contributed by atoms with Crippen molar-refractivity contribution in [1.29, 1.82) is 0 Å². The molecule has 1 aliphatic rings. The van der Waals surface area contributed by atoms with Crippen LogP contribution in [0.3, 0.4) is 0 Å². The molecule has 2 rings (SSSR count). The molecule has 1 N–H and O–H groups in total. The molecular weight excluding hydrogens is 354 g/mol. The molecular formula is C17H21F4N3O2. The van der Waals surface area contributed by atoms with Crippen LogP contribution in [0.4, 0.5) is 28.0 Å². The maximum atomic E-state index is 13.6. The summed E-state index contributed by atoms with van der Waals surface area (Å²) in [4.78, 5) is 27.7. The summed E-state index contributed by atoms with van der Waals surface area (Å²) in [6.45, 7) is 3.14. The summed E-state index contributed by atoms with van der Waals surface area (Å²) in [6, 6.07) is 2.08. The molecule has 0 saturated carbocycles. The molecule has 9 heteroatoms. The first-order valence-corrected chi connectivity index (χ1v) is 8.31. The van der Waals surface area contributed by atoms with Gasteiger partial charge in [0.2, 0.25) is 5.91 Å². The lowest BCUT2D eigenvalue weighted by Gasteiger charge is -2.34. The van der Waals surface area contributed by atoms with E-state index in [1.54, 1.807) is 11.9 Å². The summed E-state index contributed by atoms with van der Waals surface area (Å²) in [6.07, 6.45) is -3.60. The third-order valence-electron chi connectivity index (χ3n) is 4.41. The minimum atomic E-state index is -4.79. The van der Waals surface area contributed by atoms with Gasteiger partial charge in [-0.3, -0.25) is 4.79 Å². The SMILES string of the molecule is CCN(C)C(=O)N1CCC[C@H](C(=O)Nc2ccc(C(F)(F)F)c(F)c2)C1. The Labute approximate surface area is 148 Å². The molecule has 1 aromatic carbocycles. The maximum Gasteiger partial charge on any atom is 0.419 e. The number of carbonyl (C=O) groups is 2. The minimum Gasteiger partial charge on any atom is -0.328 e. The zero-order valence-corrected chi connectivity index (χ0v) is 14.6. The van der Waals surface area contributed by atoms with Crippen LogP contribution in [0.5, 0.6) is 0 Å². The van der Waals surface area contributed by atoms with Crippen molar-refractivity contribution in [3.63, 3.8) is 0 Å². The highest BCUT2D eigenvalue weighted by Crippen LogP contribution is 2.32. The summed E-state index contributed by atoms with van der Waals surface area (Å²) in [5, 5.41) is 2.44. The molecule has 1 aliphatic heterocycles. The van der Waals surface area contributed by atoms with E-state index in [9.17, 15) is 27.2 Å². The molecule has 0 aliphatic carbocycles. The smallest absolute Gasteiger partial charge is 0.328 e. The van der Waals surface area contributed by atoms with Gasteiger partial charge in [0.1, 0.15) is 5.82 Å². The molecule has 5 nitrogen and oxygen atoms in total. The zero-order chi connectivity index (χ0) is 19.5. The maximum absolute atomic E-state index is 13.6. The van der Waals surface area contributed by atoms with Crippen LogP contribution in [0.15, 0.2) is 18.2 Å². The van der Waals surface area contributed by atoms with Gasteiger partial charge >= 0.3 is 12.2 Å². The third kappa shape index (κ3) is 4.64. The number of anilines is 1. The highest BCUT2D eigenvalue weighted by molar-refractivity contribution is 5.93. The third-order valence-corrected chi connectivity index (χ3v) is 4.41. The Morgan fingerprint density at radius 1 is 1.35 bits per heavy atom. The van der Waals surface area contributed by atoms with Crippen LogP contribution in [0.1, 0.15) is 25.3 Å². The fraction of sp³-hybridized carbons (Fsp3) is 0.529. The van der Waals surface area contributed by atoms with Gasteiger partial charge in [-0.1, -0.05) is 0 Å². The van der Waals surface area contributed by atoms with E-state index in [0.717, 1.165) is 6.07 Å². The molecule has 1 atom stereocenters. The highest BCUT2D eigenvalue weighted by atomic mass is 19.4. The summed E-state index contributed by atoms with van der Waals surface area (Å²) in [7, 11) is 1.66. The van der Waals surface area contributed by atoms with Gasteiger partial charge in [-0.2, -0.15) is 13.2 Å². The number of halogens is 4. The Morgan fingerprint density at radius 3 is 2.62 bits per heavy atom. The van der Waals surface area contributed by atoms with Gasteiger partial charge in [-0.05, 0) is 38.0 Å². The summed E-state index contributed by atoms with van der Waals surface area (Å²) in [5.74, 6) is -2.38. The summed E-state index contributed by atoms with van der Waals surface area (Å²) >= 11 is 0. The number of carbonyl (C=O) groups excluding carboxylic acids is 2. The van der Waals surface area contributed by atoms with Crippen LogP contribution in [-0.4, -0.2) is 48.4 Å². The predicted molar refractivity (Wildman–Crippen MR) is 88.0 cm³/mol. The largest absolute Gasteiger partial charge is 0.419 e. The number of hydrogen-bond acceptors (Lipinski definition) is 2. The second-order valence-corrected chi connectivity index (χ2v) is 6.26. The van der Waals surface area contributed by atoms with E-state index in [2.05, 4.69) is 5.32 Å². The van der Waals surface area contributed by atoms with Crippen molar-refractivity contribution < 1.29 is 27.2 Å². The number of nitrogens with zero attached hydrogens (tertiary/aromatic N) is 2. The van der Waals surface area contributed by atoms with E-state index in [-0.39, 0.29) is 18.3 Å². The van der Waals surface area contributed by atoms with Crippen molar-refractivity contribution in [2.45, 2.75) is 25.9 Å². The van der Waals surface area contributed by atoms with Crippen molar-refractivity contribution in [3.8, 4) is 0 Å². The minimum absolute atomic E-state index is 0.0466. The molecule has 3 amide bonds. The molecule has 26 heavy (non-hydrogen) atoms. The van der Waals surface area contributed by atoms with Gasteiger partial charge in [0.05, 0.1) is 11.5 Å². The number of likely N-dealkylation sites (tertiary alicyclic amines) is 1. The number of hydrogen-bond donors (Lipinski definition) is 1. The topological polar surface area (TPSA) is 52.7 Å². The fourth-order valence-corrected chi connectivity index (χ4v) is 2.81. The molecule has 0 radical (unpaired) electrons. The number of nitrogens with one attached hydrogen (secondary N) is 1. The van der Waals surface area contributed by atoms with Crippen LogP contribution in [-0.2, 0) is 11.0 Å². The Hall–Kier alpha value is -2.32. The van der Waals surface area contributed by atoms with Gasteiger partial charge in [0.25, 0.3) is 0 Å². The molecule has 1 heterocycles. The van der Waals surface area contributed by atoms with Crippen LogP contribution in [0, 0.1) is 11.7 Å². The fourth-order valence-electron chi connectivity index (χ4n) is 2.81. The molecule has 1 fully saturated rings. The standard InChI is InChI=1S/C17H21F4N3O2/c1-3-23(2)16(26)24-8-4-5-11(10-24)15(25)22-12-6-7-13(14(18)9-12)17(19,20)21/h6-7,9,11H,3-5,8,10H2,1-2H3,(H,22,25)/t11-/m0/s1. The summed E-state index contributed by atoms with van der Waals surface area (Å²) < 4.78 is 51.3. The molecule has 0 aromatic heterocycles. The second kappa shape index (κ2) is 7.92. The first-order chi connectivity index (χ1) is 12.1. The molecule has 1 aromatic rings. The zero-order valence-electron chi connectivity index (χ0n) is 14.6. The number of amides is 3. The van der Waals surface area contributed by atoms with Crippen molar-refractivity contribution in [1.82, 2.24) is 9.80 Å². The van der Waals surface area contributed by atoms with Crippen molar-refractivity contribution >= 4 is 17.6 Å². The molecule has 0 unspecified atom stereocenters. The molecule has 144 valence electrons.